The van der Waals surface area contributed by atoms with Crippen LogP contribution >= 0.6 is 0 Å². The van der Waals surface area contributed by atoms with Crippen molar-refractivity contribution in [3.05, 3.63) is 78.5 Å². The smallest absolute Gasteiger partial charge is 0.123 e. The summed E-state index contributed by atoms with van der Waals surface area (Å²) in [6.07, 6.45) is 3.60. The summed E-state index contributed by atoms with van der Waals surface area (Å²) in [5.74, 6) is -0.224. The first-order valence-corrected chi connectivity index (χ1v) is 6.13. The quantitative estimate of drug-likeness (QED) is 0.694. The van der Waals surface area contributed by atoms with E-state index in [4.69, 9.17) is 0 Å². The van der Waals surface area contributed by atoms with Crippen LogP contribution in [0.5, 0.6) is 0 Å². The van der Waals surface area contributed by atoms with Crippen LogP contribution in [0.15, 0.2) is 67.1 Å². The van der Waals surface area contributed by atoms with E-state index < -0.39 is 0 Å². The third-order valence-corrected chi connectivity index (χ3v) is 3.05. The molecule has 0 unspecified atom stereocenters. The second-order valence-electron chi connectivity index (χ2n) is 4.40. The van der Waals surface area contributed by atoms with Crippen LogP contribution in [-0.2, 0) is 6.54 Å². The highest BCUT2D eigenvalue weighted by Gasteiger charge is 2.05. The zero-order valence-corrected chi connectivity index (χ0v) is 10.3. The molecule has 0 saturated carbocycles. The third kappa shape index (κ3) is 2.55. The summed E-state index contributed by atoms with van der Waals surface area (Å²) >= 11 is 0. The van der Waals surface area contributed by atoms with E-state index in [9.17, 15) is 4.39 Å². The van der Waals surface area contributed by atoms with E-state index in [-0.39, 0.29) is 5.82 Å². The van der Waals surface area contributed by atoms with Gasteiger partial charge in [0.2, 0.25) is 0 Å². The van der Waals surface area contributed by atoms with Crippen LogP contribution in [0.25, 0.3) is 11.3 Å². The highest BCUT2D eigenvalue weighted by molar-refractivity contribution is 5.58. The standard InChI is InChI=1S/C16H13FN2/c17-15-8-6-14(7-9-15)16-10-18-12-19(16)11-13-4-2-1-3-5-13/h1-10,12H,11H2. The Morgan fingerprint density at radius 3 is 2.42 bits per heavy atom. The summed E-state index contributed by atoms with van der Waals surface area (Å²) in [6, 6.07) is 16.7. The second-order valence-corrected chi connectivity index (χ2v) is 4.40. The van der Waals surface area contributed by atoms with Gasteiger partial charge in [-0.3, -0.25) is 0 Å². The molecule has 1 heterocycles. The van der Waals surface area contributed by atoms with E-state index in [1.165, 1.54) is 17.7 Å². The number of rotatable bonds is 3. The van der Waals surface area contributed by atoms with E-state index >= 15 is 0 Å². The maximum atomic E-state index is 13.0. The summed E-state index contributed by atoms with van der Waals surface area (Å²) < 4.78 is 15.0. The molecule has 0 atom stereocenters. The molecule has 2 nitrogen and oxygen atoms in total. The van der Waals surface area contributed by atoms with E-state index in [1.54, 1.807) is 24.7 Å². The monoisotopic (exact) mass is 252 g/mol. The van der Waals surface area contributed by atoms with Gasteiger partial charge in [0.05, 0.1) is 18.2 Å². The third-order valence-electron chi connectivity index (χ3n) is 3.05. The van der Waals surface area contributed by atoms with E-state index in [1.807, 2.05) is 18.2 Å². The van der Waals surface area contributed by atoms with Crippen LogP contribution in [0.2, 0.25) is 0 Å². The minimum Gasteiger partial charge on any atom is -0.326 e. The SMILES string of the molecule is Fc1ccc(-c2cncn2Cc2ccccc2)cc1. The molecule has 0 aliphatic heterocycles. The average Bonchev–Trinajstić information content (AvgIpc) is 2.89. The molecule has 94 valence electrons. The molecule has 3 aromatic rings. The van der Waals surface area contributed by atoms with Gasteiger partial charge in [-0.25, -0.2) is 9.37 Å². The van der Waals surface area contributed by atoms with Gasteiger partial charge in [0, 0.05) is 6.54 Å². The van der Waals surface area contributed by atoms with Gasteiger partial charge >= 0.3 is 0 Å². The van der Waals surface area contributed by atoms with Crippen molar-refractivity contribution in [1.29, 1.82) is 0 Å². The Morgan fingerprint density at radius 2 is 1.68 bits per heavy atom. The van der Waals surface area contributed by atoms with Crippen LogP contribution in [0.1, 0.15) is 5.56 Å². The van der Waals surface area contributed by atoms with Crippen molar-refractivity contribution in [2.45, 2.75) is 6.54 Å². The molecular weight excluding hydrogens is 239 g/mol. The first-order chi connectivity index (χ1) is 9.33. The number of benzene rings is 2. The summed E-state index contributed by atoms with van der Waals surface area (Å²) in [5.41, 5.74) is 3.17. The minimum atomic E-state index is -0.224. The van der Waals surface area contributed by atoms with E-state index in [0.29, 0.717) is 0 Å². The van der Waals surface area contributed by atoms with Gasteiger partial charge in [0.1, 0.15) is 5.82 Å². The van der Waals surface area contributed by atoms with Crippen molar-refractivity contribution in [1.82, 2.24) is 9.55 Å². The van der Waals surface area contributed by atoms with Crippen molar-refractivity contribution >= 4 is 0 Å². The number of aromatic nitrogens is 2. The molecular formula is C16H13FN2. The highest BCUT2D eigenvalue weighted by Crippen LogP contribution is 2.20. The second kappa shape index (κ2) is 5.06. The van der Waals surface area contributed by atoms with Crippen molar-refractivity contribution in [2.75, 3.05) is 0 Å². The molecule has 0 radical (unpaired) electrons. The fraction of sp³-hybridized carbons (Fsp3) is 0.0625. The molecule has 3 heteroatoms. The van der Waals surface area contributed by atoms with Gasteiger partial charge in [0.25, 0.3) is 0 Å². The van der Waals surface area contributed by atoms with Gasteiger partial charge in [-0.2, -0.15) is 0 Å². The predicted molar refractivity (Wildman–Crippen MR) is 73.2 cm³/mol. The number of hydrogen-bond donors (Lipinski definition) is 0. The summed E-state index contributed by atoms with van der Waals surface area (Å²) in [5, 5.41) is 0. The topological polar surface area (TPSA) is 17.8 Å². The first-order valence-electron chi connectivity index (χ1n) is 6.13. The zero-order valence-electron chi connectivity index (χ0n) is 10.3. The molecule has 3 rings (SSSR count). The fourth-order valence-electron chi connectivity index (χ4n) is 2.09. The molecule has 0 saturated heterocycles. The summed E-state index contributed by atoms with van der Waals surface area (Å²) in [6.45, 7) is 0.757. The molecule has 2 aromatic carbocycles. The molecule has 0 aliphatic carbocycles. The normalized spacial score (nSPS) is 10.6. The minimum absolute atomic E-state index is 0.224. The van der Waals surface area contributed by atoms with Crippen LogP contribution in [0.3, 0.4) is 0 Å². The number of nitrogens with zero attached hydrogens (tertiary/aromatic N) is 2. The largest absolute Gasteiger partial charge is 0.326 e. The number of imidazole rings is 1. The van der Waals surface area contributed by atoms with Gasteiger partial charge in [-0.15, -0.1) is 0 Å². The Hall–Kier alpha value is -2.42. The van der Waals surface area contributed by atoms with Crippen molar-refractivity contribution in [3.63, 3.8) is 0 Å². The molecule has 0 amide bonds. The lowest BCUT2D eigenvalue weighted by molar-refractivity contribution is 0.628. The Bertz CT molecular complexity index is 657. The number of hydrogen-bond acceptors (Lipinski definition) is 1. The fourth-order valence-corrected chi connectivity index (χ4v) is 2.09. The maximum Gasteiger partial charge on any atom is 0.123 e. The Balaban J connectivity index is 1.92. The van der Waals surface area contributed by atoms with E-state index in [0.717, 1.165) is 17.8 Å². The van der Waals surface area contributed by atoms with Crippen molar-refractivity contribution in [2.24, 2.45) is 0 Å². The highest BCUT2D eigenvalue weighted by atomic mass is 19.1. The molecule has 0 spiro atoms. The average molecular weight is 252 g/mol. The van der Waals surface area contributed by atoms with Gasteiger partial charge in [-0.05, 0) is 35.4 Å². The lowest BCUT2D eigenvalue weighted by Crippen LogP contribution is -2.00. The van der Waals surface area contributed by atoms with Crippen LogP contribution in [0.4, 0.5) is 4.39 Å². The Kier molecular flexibility index (Phi) is 3.11. The molecule has 0 aliphatic rings. The maximum absolute atomic E-state index is 13.0. The Morgan fingerprint density at radius 1 is 0.947 bits per heavy atom. The molecule has 1 aromatic heterocycles. The summed E-state index contributed by atoms with van der Waals surface area (Å²) in [4.78, 5) is 4.19. The molecule has 0 fully saturated rings. The van der Waals surface area contributed by atoms with Crippen LogP contribution < -0.4 is 0 Å². The summed E-state index contributed by atoms with van der Waals surface area (Å²) in [7, 11) is 0. The van der Waals surface area contributed by atoms with Gasteiger partial charge in [0.15, 0.2) is 0 Å². The molecule has 0 bridgehead atoms. The number of halogens is 1. The van der Waals surface area contributed by atoms with Gasteiger partial charge in [-0.1, -0.05) is 30.3 Å². The first kappa shape index (κ1) is 11.7. The van der Waals surface area contributed by atoms with E-state index in [2.05, 4.69) is 21.7 Å². The lowest BCUT2D eigenvalue weighted by Gasteiger charge is -2.08. The van der Waals surface area contributed by atoms with Crippen molar-refractivity contribution in [3.8, 4) is 11.3 Å². The van der Waals surface area contributed by atoms with Crippen LogP contribution in [0, 0.1) is 5.82 Å². The van der Waals surface area contributed by atoms with Gasteiger partial charge < -0.3 is 4.57 Å². The molecule has 0 N–H and O–H groups in total. The lowest BCUT2D eigenvalue weighted by atomic mass is 10.1. The van der Waals surface area contributed by atoms with Crippen molar-refractivity contribution < 1.29 is 4.39 Å². The molecule has 19 heavy (non-hydrogen) atoms. The Labute approximate surface area is 111 Å². The predicted octanol–water partition coefficient (Wildman–Crippen LogP) is 3.74. The zero-order chi connectivity index (χ0) is 13.1. The van der Waals surface area contributed by atoms with Crippen LogP contribution in [-0.4, -0.2) is 9.55 Å².